The monoisotopic (exact) mass is 420 g/mol. The van der Waals surface area contributed by atoms with Crippen molar-refractivity contribution in [3.05, 3.63) is 70.0 Å². The van der Waals surface area contributed by atoms with Crippen molar-refractivity contribution in [2.45, 2.75) is 13.5 Å². The molecular formula is C22H20N4O3S. The molecule has 0 N–H and O–H groups in total. The van der Waals surface area contributed by atoms with E-state index in [9.17, 15) is 9.59 Å². The number of hydrogen-bond donors (Lipinski definition) is 0. The molecule has 0 atom stereocenters. The van der Waals surface area contributed by atoms with Crippen LogP contribution in [0.4, 0.5) is 5.69 Å². The molecule has 2 heterocycles. The molecule has 0 aliphatic carbocycles. The van der Waals surface area contributed by atoms with Gasteiger partial charge in [0.1, 0.15) is 18.0 Å². The van der Waals surface area contributed by atoms with Gasteiger partial charge in [-0.2, -0.15) is 5.10 Å². The average Bonchev–Trinajstić information content (AvgIpc) is 3.17. The predicted molar refractivity (Wildman–Crippen MR) is 118 cm³/mol. The summed E-state index contributed by atoms with van der Waals surface area (Å²) in [7, 11) is 3.28. The smallest absolute Gasteiger partial charge is 0.294 e. The fourth-order valence-corrected chi connectivity index (χ4v) is 4.06. The van der Waals surface area contributed by atoms with Gasteiger partial charge in [0.05, 0.1) is 16.8 Å². The van der Waals surface area contributed by atoms with Gasteiger partial charge in [0.2, 0.25) is 5.91 Å². The zero-order chi connectivity index (χ0) is 21.3. The van der Waals surface area contributed by atoms with Gasteiger partial charge in [0.15, 0.2) is 5.52 Å². The van der Waals surface area contributed by atoms with Crippen molar-refractivity contribution in [3.8, 4) is 17.0 Å². The van der Waals surface area contributed by atoms with Crippen LogP contribution in [0.5, 0.6) is 5.75 Å². The number of rotatable bonds is 5. The summed E-state index contributed by atoms with van der Waals surface area (Å²) < 4.78 is 7.13. The Morgan fingerprint density at radius 1 is 1.13 bits per heavy atom. The fraction of sp³-hybridized carbons (Fsp3) is 0.182. The van der Waals surface area contributed by atoms with Crippen LogP contribution in [-0.4, -0.2) is 34.8 Å². The highest BCUT2D eigenvalue weighted by atomic mass is 32.1. The number of likely N-dealkylation sites (N-methyl/N-ethyl adjacent to an activating group) is 1. The summed E-state index contributed by atoms with van der Waals surface area (Å²) in [5, 5.41) is 5.31. The lowest BCUT2D eigenvalue weighted by Gasteiger charge is -2.17. The minimum atomic E-state index is -0.374. The minimum Gasteiger partial charge on any atom is -0.497 e. The van der Waals surface area contributed by atoms with E-state index < -0.39 is 0 Å². The molecular weight excluding hydrogens is 400 g/mol. The van der Waals surface area contributed by atoms with Crippen LogP contribution in [0.1, 0.15) is 5.01 Å². The number of carbonyl (C=O) groups is 1. The Morgan fingerprint density at radius 2 is 1.83 bits per heavy atom. The Kier molecular flexibility index (Phi) is 5.33. The van der Waals surface area contributed by atoms with Crippen LogP contribution in [-0.2, 0) is 11.3 Å². The molecule has 7 nitrogen and oxygen atoms in total. The van der Waals surface area contributed by atoms with Gasteiger partial charge in [-0.3, -0.25) is 9.59 Å². The molecule has 1 amide bonds. The topological polar surface area (TPSA) is 77.3 Å². The van der Waals surface area contributed by atoms with Crippen LogP contribution < -0.4 is 15.2 Å². The molecule has 8 heteroatoms. The SMILES string of the molecule is COc1ccc(-c2nn(CC(=O)N(C)c3ccccc3)c(=O)c3nc(C)sc23)cc1. The standard InChI is InChI=1S/C22H20N4O3S/c1-14-23-20-21(30-14)19(15-9-11-17(29-3)12-10-15)24-26(22(20)28)13-18(27)25(2)16-7-5-4-6-8-16/h4-12H,13H2,1-3H3. The lowest BCUT2D eigenvalue weighted by atomic mass is 10.1. The number of anilines is 1. The molecule has 0 aliphatic rings. The number of hydrogen-bond acceptors (Lipinski definition) is 6. The highest BCUT2D eigenvalue weighted by molar-refractivity contribution is 7.19. The molecule has 0 spiro atoms. The third-order valence-electron chi connectivity index (χ3n) is 4.77. The summed E-state index contributed by atoms with van der Waals surface area (Å²) in [6.45, 7) is 1.67. The molecule has 2 aromatic carbocycles. The van der Waals surface area contributed by atoms with Crippen molar-refractivity contribution < 1.29 is 9.53 Å². The lowest BCUT2D eigenvalue weighted by Crippen LogP contribution is -2.35. The van der Waals surface area contributed by atoms with E-state index in [-0.39, 0.29) is 18.0 Å². The number of methoxy groups -OCH3 is 1. The number of fused-ring (bicyclic) bond motifs is 1. The first-order valence-electron chi connectivity index (χ1n) is 9.32. The Morgan fingerprint density at radius 3 is 2.50 bits per heavy atom. The summed E-state index contributed by atoms with van der Waals surface area (Å²) >= 11 is 1.41. The van der Waals surface area contributed by atoms with Crippen molar-refractivity contribution in [2.24, 2.45) is 0 Å². The summed E-state index contributed by atoms with van der Waals surface area (Å²) in [4.78, 5) is 31.7. The summed E-state index contributed by atoms with van der Waals surface area (Å²) in [5.41, 5.74) is 2.14. The van der Waals surface area contributed by atoms with Crippen molar-refractivity contribution in [2.75, 3.05) is 19.1 Å². The van der Waals surface area contributed by atoms with Gasteiger partial charge in [-0.15, -0.1) is 11.3 Å². The second kappa shape index (κ2) is 8.08. The Bertz CT molecular complexity index is 1260. The molecule has 4 aromatic rings. The quantitative estimate of drug-likeness (QED) is 0.494. The van der Waals surface area contributed by atoms with Crippen LogP contribution in [0.3, 0.4) is 0 Å². The third kappa shape index (κ3) is 3.69. The molecule has 0 radical (unpaired) electrons. The van der Waals surface area contributed by atoms with E-state index in [1.54, 1.807) is 14.2 Å². The van der Waals surface area contributed by atoms with Gasteiger partial charge >= 0.3 is 0 Å². The highest BCUT2D eigenvalue weighted by Crippen LogP contribution is 2.30. The van der Waals surface area contributed by atoms with Gasteiger partial charge in [-0.25, -0.2) is 9.67 Å². The van der Waals surface area contributed by atoms with Gasteiger partial charge < -0.3 is 9.64 Å². The predicted octanol–water partition coefficient (Wildman–Crippen LogP) is 3.50. The Labute approximate surface area is 177 Å². The third-order valence-corrected chi connectivity index (χ3v) is 5.75. The van der Waals surface area contributed by atoms with E-state index >= 15 is 0 Å². The first-order chi connectivity index (χ1) is 14.5. The largest absolute Gasteiger partial charge is 0.497 e. The molecule has 0 fully saturated rings. The fourth-order valence-electron chi connectivity index (χ4n) is 3.14. The number of benzene rings is 2. The first kappa shape index (κ1) is 19.8. The maximum absolute atomic E-state index is 13.0. The molecule has 0 saturated carbocycles. The molecule has 4 rings (SSSR count). The number of ether oxygens (including phenoxy) is 1. The van der Waals surface area contributed by atoms with Gasteiger partial charge in [-0.05, 0) is 43.3 Å². The number of aromatic nitrogens is 3. The molecule has 0 unspecified atom stereocenters. The van der Waals surface area contributed by atoms with Gasteiger partial charge in [0.25, 0.3) is 5.56 Å². The molecule has 0 aliphatic heterocycles. The highest BCUT2D eigenvalue weighted by Gasteiger charge is 2.19. The van der Waals surface area contributed by atoms with Crippen LogP contribution in [0.2, 0.25) is 0 Å². The van der Waals surface area contributed by atoms with Crippen LogP contribution in [0.25, 0.3) is 21.5 Å². The maximum atomic E-state index is 13.0. The van der Waals surface area contributed by atoms with Crippen molar-refractivity contribution in [1.29, 1.82) is 0 Å². The van der Waals surface area contributed by atoms with E-state index in [2.05, 4.69) is 10.1 Å². The molecule has 0 bridgehead atoms. The molecule has 152 valence electrons. The Hall–Kier alpha value is -3.52. The number of thiazole rings is 1. The van der Waals surface area contributed by atoms with Crippen LogP contribution in [0, 0.1) is 6.92 Å². The van der Waals surface area contributed by atoms with Gasteiger partial charge in [0, 0.05) is 18.3 Å². The van der Waals surface area contributed by atoms with Crippen LogP contribution in [0.15, 0.2) is 59.4 Å². The molecule has 2 aromatic heterocycles. The normalized spacial score (nSPS) is 10.9. The molecule has 0 saturated heterocycles. The maximum Gasteiger partial charge on any atom is 0.294 e. The summed E-state index contributed by atoms with van der Waals surface area (Å²) in [6.07, 6.45) is 0. The second-order valence-electron chi connectivity index (χ2n) is 6.74. The van der Waals surface area contributed by atoms with Crippen molar-refractivity contribution in [1.82, 2.24) is 14.8 Å². The van der Waals surface area contributed by atoms with E-state index in [1.807, 2.05) is 61.5 Å². The first-order valence-corrected chi connectivity index (χ1v) is 10.1. The molecule has 30 heavy (non-hydrogen) atoms. The zero-order valence-corrected chi connectivity index (χ0v) is 17.6. The number of amides is 1. The zero-order valence-electron chi connectivity index (χ0n) is 16.8. The number of nitrogens with zero attached hydrogens (tertiary/aromatic N) is 4. The van der Waals surface area contributed by atoms with Crippen molar-refractivity contribution in [3.63, 3.8) is 0 Å². The lowest BCUT2D eigenvalue weighted by molar-refractivity contribution is -0.119. The van der Waals surface area contributed by atoms with E-state index in [1.165, 1.54) is 20.9 Å². The van der Waals surface area contributed by atoms with E-state index in [0.717, 1.165) is 22.0 Å². The van der Waals surface area contributed by atoms with E-state index in [4.69, 9.17) is 4.74 Å². The van der Waals surface area contributed by atoms with E-state index in [0.29, 0.717) is 15.9 Å². The van der Waals surface area contributed by atoms with Crippen LogP contribution >= 0.6 is 11.3 Å². The number of carbonyl (C=O) groups excluding carboxylic acids is 1. The minimum absolute atomic E-state index is 0.181. The number of aryl methyl sites for hydroxylation is 1. The number of para-hydroxylation sites is 1. The Balaban J connectivity index is 1.77. The van der Waals surface area contributed by atoms with Gasteiger partial charge in [-0.1, -0.05) is 18.2 Å². The summed E-state index contributed by atoms with van der Waals surface area (Å²) in [6, 6.07) is 16.7. The average molecular weight is 420 g/mol. The van der Waals surface area contributed by atoms with Crippen molar-refractivity contribution >= 4 is 33.1 Å². The summed E-state index contributed by atoms with van der Waals surface area (Å²) in [5.74, 6) is 0.478. The second-order valence-corrected chi connectivity index (χ2v) is 7.94.